The molecule has 0 atom stereocenters. The van der Waals surface area contributed by atoms with Crippen molar-refractivity contribution in [3.05, 3.63) is 35.9 Å². The van der Waals surface area contributed by atoms with Gasteiger partial charge in [0.25, 0.3) is 0 Å². The van der Waals surface area contributed by atoms with Crippen LogP contribution in [0.15, 0.2) is 35.5 Å². The van der Waals surface area contributed by atoms with E-state index >= 15 is 0 Å². The summed E-state index contributed by atoms with van der Waals surface area (Å²) in [5.74, 6) is -0.500. The molecule has 1 aromatic rings. The van der Waals surface area contributed by atoms with Crippen LogP contribution in [-0.4, -0.2) is 24.4 Å². The fraction of sp³-hybridized carbons (Fsp3) is 0.467. The maximum Gasteiger partial charge on any atom is 0.365 e. The Kier molecular flexibility index (Phi) is 5.70. The quantitative estimate of drug-likeness (QED) is 0.450. The molecule has 0 radical (unpaired) electrons. The van der Waals surface area contributed by atoms with Gasteiger partial charge in [0.2, 0.25) is 0 Å². The van der Waals surface area contributed by atoms with Crippen molar-refractivity contribution in [2.24, 2.45) is 5.16 Å². The molecule has 19 heavy (non-hydrogen) atoms. The molecule has 0 aromatic heterocycles. The molecule has 0 aliphatic rings. The molecule has 0 aliphatic heterocycles. The van der Waals surface area contributed by atoms with E-state index in [1.54, 1.807) is 13.8 Å². The molecule has 0 fully saturated rings. The summed E-state index contributed by atoms with van der Waals surface area (Å²) >= 11 is 0. The van der Waals surface area contributed by atoms with Crippen LogP contribution in [0, 0.1) is 0 Å². The molecular weight excluding hydrogens is 242 g/mol. The Morgan fingerprint density at radius 1 is 1.26 bits per heavy atom. The molecule has 0 saturated heterocycles. The van der Waals surface area contributed by atoms with Crippen molar-refractivity contribution in [3.63, 3.8) is 0 Å². The van der Waals surface area contributed by atoms with Crippen LogP contribution in [0.3, 0.4) is 0 Å². The van der Waals surface area contributed by atoms with Gasteiger partial charge < -0.3 is 9.57 Å². The lowest BCUT2D eigenvalue weighted by Gasteiger charge is -2.18. The number of oxime groups is 1. The summed E-state index contributed by atoms with van der Waals surface area (Å²) in [5.41, 5.74) is 0.744. The fourth-order valence-electron chi connectivity index (χ4n) is 1.40. The third-order valence-electron chi connectivity index (χ3n) is 2.83. The lowest BCUT2D eigenvalue weighted by molar-refractivity contribution is -0.165. The van der Waals surface area contributed by atoms with Gasteiger partial charge in [-0.25, -0.2) is 4.79 Å². The Balaban J connectivity index is 2.83. The lowest BCUT2D eigenvalue weighted by atomic mass is 10.1. The second-order valence-corrected chi connectivity index (χ2v) is 4.75. The predicted octanol–water partition coefficient (Wildman–Crippen LogP) is 3.16. The zero-order valence-electron chi connectivity index (χ0n) is 12.0. The van der Waals surface area contributed by atoms with E-state index in [4.69, 9.17) is 9.57 Å². The van der Waals surface area contributed by atoms with Crippen molar-refractivity contribution < 1.29 is 14.4 Å². The number of hydrogen-bond acceptors (Lipinski definition) is 4. The second-order valence-electron chi connectivity index (χ2n) is 4.75. The van der Waals surface area contributed by atoms with Gasteiger partial charge in [-0.15, -0.1) is 0 Å². The molecule has 0 amide bonds. The van der Waals surface area contributed by atoms with Crippen LogP contribution >= 0.6 is 0 Å². The average Bonchev–Trinajstić information content (AvgIpc) is 2.44. The van der Waals surface area contributed by atoms with Crippen LogP contribution in [0.4, 0.5) is 0 Å². The van der Waals surface area contributed by atoms with Gasteiger partial charge in [0.05, 0.1) is 5.71 Å². The van der Waals surface area contributed by atoms with Gasteiger partial charge >= 0.3 is 5.97 Å². The van der Waals surface area contributed by atoms with Gasteiger partial charge in [-0.1, -0.05) is 48.8 Å². The summed E-state index contributed by atoms with van der Waals surface area (Å²) in [6.07, 6.45) is 1.68. The highest BCUT2D eigenvalue weighted by atomic mass is 16.7. The number of carbonyl (C=O) groups is 1. The van der Waals surface area contributed by atoms with Gasteiger partial charge in [-0.3, -0.25) is 0 Å². The molecule has 0 spiro atoms. The van der Waals surface area contributed by atoms with E-state index in [1.807, 2.05) is 30.3 Å². The van der Waals surface area contributed by atoms with Crippen LogP contribution < -0.4 is 0 Å². The first kappa shape index (κ1) is 15.4. The Bertz CT molecular complexity index is 438. The van der Waals surface area contributed by atoms with Crippen LogP contribution in [0.25, 0.3) is 0 Å². The first-order valence-electron chi connectivity index (χ1n) is 6.40. The molecule has 0 heterocycles. The Morgan fingerprint density at radius 3 is 2.42 bits per heavy atom. The summed E-state index contributed by atoms with van der Waals surface area (Å²) < 4.78 is 5.05. The number of carbonyl (C=O) groups excluding carboxylic acids is 1. The number of benzene rings is 1. The number of ether oxygens (including phenoxy) is 1. The third-order valence-corrected chi connectivity index (χ3v) is 2.83. The molecule has 1 aromatic carbocycles. The molecule has 0 saturated carbocycles. The fourth-order valence-corrected chi connectivity index (χ4v) is 1.40. The summed E-state index contributed by atoms with van der Waals surface area (Å²) in [6, 6.07) is 9.70. The standard InChI is InChI=1S/C15H21NO3/c1-5-9-13(12-10-7-6-8-11-12)16-19-14(17)15(2,3)18-4/h6-8,10-11H,5,9H2,1-4H3. The summed E-state index contributed by atoms with van der Waals surface area (Å²) in [7, 11) is 1.47. The summed E-state index contributed by atoms with van der Waals surface area (Å²) in [6.45, 7) is 5.35. The van der Waals surface area contributed by atoms with Gasteiger partial charge in [0.1, 0.15) is 0 Å². The third kappa shape index (κ3) is 4.48. The molecule has 0 N–H and O–H groups in total. The van der Waals surface area contributed by atoms with Crippen LogP contribution in [-0.2, 0) is 14.4 Å². The minimum Gasteiger partial charge on any atom is -0.367 e. The van der Waals surface area contributed by atoms with Crippen molar-refractivity contribution >= 4 is 11.7 Å². The SMILES string of the molecule is CCCC(=NOC(=O)C(C)(C)OC)c1ccccc1. The zero-order valence-corrected chi connectivity index (χ0v) is 12.0. The molecule has 0 bridgehead atoms. The van der Waals surface area contributed by atoms with Crippen LogP contribution in [0.2, 0.25) is 0 Å². The minimum absolute atomic E-state index is 0.500. The second kappa shape index (κ2) is 7.04. The van der Waals surface area contributed by atoms with E-state index in [-0.39, 0.29) is 0 Å². The molecule has 0 unspecified atom stereocenters. The van der Waals surface area contributed by atoms with Gasteiger partial charge in [0.15, 0.2) is 5.60 Å². The Morgan fingerprint density at radius 2 is 1.89 bits per heavy atom. The van der Waals surface area contributed by atoms with Crippen molar-refractivity contribution in [1.29, 1.82) is 0 Å². The van der Waals surface area contributed by atoms with E-state index in [0.717, 1.165) is 24.1 Å². The van der Waals surface area contributed by atoms with Gasteiger partial charge in [0, 0.05) is 7.11 Å². The van der Waals surface area contributed by atoms with Crippen molar-refractivity contribution in [2.45, 2.75) is 39.2 Å². The first-order valence-corrected chi connectivity index (χ1v) is 6.40. The molecule has 4 heteroatoms. The van der Waals surface area contributed by atoms with Crippen molar-refractivity contribution in [1.82, 2.24) is 0 Å². The lowest BCUT2D eigenvalue weighted by Crippen LogP contribution is -2.34. The van der Waals surface area contributed by atoms with Crippen molar-refractivity contribution in [2.75, 3.05) is 7.11 Å². The van der Waals surface area contributed by atoms with Crippen LogP contribution in [0.1, 0.15) is 39.2 Å². The highest BCUT2D eigenvalue weighted by Gasteiger charge is 2.29. The van der Waals surface area contributed by atoms with E-state index in [9.17, 15) is 4.79 Å². The normalized spacial score (nSPS) is 12.3. The Hall–Kier alpha value is -1.68. The molecule has 104 valence electrons. The smallest absolute Gasteiger partial charge is 0.365 e. The van der Waals surface area contributed by atoms with Crippen molar-refractivity contribution in [3.8, 4) is 0 Å². The van der Waals surface area contributed by atoms with E-state index in [1.165, 1.54) is 7.11 Å². The minimum atomic E-state index is -0.989. The Labute approximate surface area is 114 Å². The number of hydrogen-bond donors (Lipinski definition) is 0. The predicted molar refractivity (Wildman–Crippen MR) is 75.1 cm³/mol. The highest BCUT2D eigenvalue weighted by Crippen LogP contribution is 2.12. The highest BCUT2D eigenvalue weighted by molar-refractivity contribution is 6.00. The first-order chi connectivity index (χ1) is 9.01. The molecule has 1 rings (SSSR count). The van der Waals surface area contributed by atoms with Gasteiger partial charge in [-0.2, -0.15) is 0 Å². The average molecular weight is 263 g/mol. The maximum atomic E-state index is 11.8. The summed E-state index contributed by atoms with van der Waals surface area (Å²) in [4.78, 5) is 16.8. The number of rotatable bonds is 6. The summed E-state index contributed by atoms with van der Waals surface area (Å²) in [5, 5.41) is 3.98. The number of methoxy groups -OCH3 is 1. The zero-order chi connectivity index (χ0) is 14.3. The van der Waals surface area contributed by atoms with E-state index in [0.29, 0.717) is 0 Å². The van der Waals surface area contributed by atoms with E-state index in [2.05, 4.69) is 12.1 Å². The number of nitrogens with zero attached hydrogens (tertiary/aromatic N) is 1. The van der Waals surface area contributed by atoms with Gasteiger partial charge in [-0.05, 0) is 25.8 Å². The topological polar surface area (TPSA) is 47.9 Å². The largest absolute Gasteiger partial charge is 0.367 e. The molecule has 4 nitrogen and oxygen atoms in total. The molecule has 0 aliphatic carbocycles. The maximum absolute atomic E-state index is 11.8. The monoisotopic (exact) mass is 263 g/mol. The van der Waals surface area contributed by atoms with Crippen LogP contribution in [0.5, 0.6) is 0 Å². The van der Waals surface area contributed by atoms with E-state index < -0.39 is 11.6 Å². The molecular formula is C15H21NO3.